The molecule has 1 saturated carbocycles. The Morgan fingerprint density at radius 3 is 2.43 bits per heavy atom. The number of aliphatic hydroxyl groups is 1. The molecule has 1 aliphatic carbocycles. The predicted molar refractivity (Wildman–Crippen MR) is 82.9 cm³/mol. The average molecular weight is 323 g/mol. The molecule has 0 unspecified atom stereocenters. The summed E-state index contributed by atoms with van der Waals surface area (Å²) >= 11 is 0. The first-order chi connectivity index (χ1) is 10.9. The summed E-state index contributed by atoms with van der Waals surface area (Å²) in [4.78, 5) is 10.3. The lowest BCUT2D eigenvalue weighted by molar-refractivity contribution is -0.384. The molecule has 5 nitrogen and oxygen atoms in total. The van der Waals surface area contributed by atoms with Crippen LogP contribution in [0.4, 0.5) is 10.1 Å². The molecule has 23 heavy (non-hydrogen) atoms. The second-order valence-electron chi connectivity index (χ2n) is 6.72. The van der Waals surface area contributed by atoms with Crippen molar-refractivity contribution in [2.45, 2.75) is 62.3 Å². The Labute approximate surface area is 134 Å². The maximum atomic E-state index is 15.5. The molecule has 2 fully saturated rings. The smallest absolute Gasteiger partial charge is 0.269 e. The maximum absolute atomic E-state index is 15.5. The third kappa shape index (κ3) is 3.10. The van der Waals surface area contributed by atoms with Crippen LogP contribution in [0.1, 0.15) is 56.6 Å². The van der Waals surface area contributed by atoms with Gasteiger partial charge in [-0.15, -0.1) is 0 Å². The van der Waals surface area contributed by atoms with E-state index in [1.165, 1.54) is 12.1 Å². The van der Waals surface area contributed by atoms with Crippen molar-refractivity contribution in [1.29, 1.82) is 0 Å². The summed E-state index contributed by atoms with van der Waals surface area (Å²) in [5, 5.41) is 21.5. The molecule has 126 valence electrons. The summed E-state index contributed by atoms with van der Waals surface area (Å²) in [6.07, 6.45) is 3.57. The molecule has 1 aromatic rings. The van der Waals surface area contributed by atoms with Gasteiger partial charge in [-0.05, 0) is 30.5 Å². The van der Waals surface area contributed by atoms with E-state index in [1.807, 2.05) is 0 Å². The highest BCUT2D eigenvalue weighted by Crippen LogP contribution is 2.49. The van der Waals surface area contributed by atoms with E-state index >= 15 is 4.39 Å². The fourth-order valence-electron chi connectivity index (χ4n) is 3.85. The average Bonchev–Trinajstić information content (AvgIpc) is 2.55. The van der Waals surface area contributed by atoms with Gasteiger partial charge >= 0.3 is 0 Å². The number of halogens is 1. The van der Waals surface area contributed by atoms with Gasteiger partial charge in [0.05, 0.1) is 23.2 Å². The Morgan fingerprint density at radius 1 is 1.17 bits per heavy atom. The molecular formula is C17H22FNO4. The van der Waals surface area contributed by atoms with Crippen LogP contribution in [0.5, 0.6) is 0 Å². The minimum atomic E-state index is -1.65. The summed E-state index contributed by atoms with van der Waals surface area (Å²) in [7, 11) is 0. The van der Waals surface area contributed by atoms with Gasteiger partial charge < -0.3 is 9.84 Å². The number of alkyl halides is 1. The van der Waals surface area contributed by atoms with Crippen LogP contribution in [0.2, 0.25) is 0 Å². The number of benzene rings is 1. The molecule has 0 radical (unpaired) electrons. The SMILES string of the molecule is O=[N+]([O-])c1ccc([C@@H]2C[C@](F)(C3(O)CCCCC3)CCO2)cc1. The van der Waals surface area contributed by atoms with Crippen LogP contribution < -0.4 is 0 Å². The topological polar surface area (TPSA) is 72.6 Å². The molecule has 0 bridgehead atoms. The van der Waals surface area contributed by atoms with Crippen LogP contribution >= 0.6 is 0 Å². The Hall–Kier alpha value is -1.53. The number of hydrogen-bond donors (Lipinski definition) is 1. The molecule has 0 aromatic heterocycles. The van der Waals surface area contributed by atoms with Gasteiger partial charge in [-0.2, -0.15) is 0 Å². The van der Waals surface area contributed by atoms with Gasteiger partial charge in [-0.25, -0.2) is 4.39 Å². The summed E-state index contributed by atoms with van der Waals surface area (Å²) in [5.74, 6) is 0. The minimum Gasteiger partial charge on any atom is -0.387 e. The monoisotopic (exact) mass is 323 g/mol. The van der Waals surface area contributed by atoms with Crippen LogP contribution in [0, 0.1) is 10.1 Å². The van der Waals surface area contributed by atoms with Crippen molar-refractivity contribution in [1.82, 2.24) is 0 Å². The highest BCUT2D eigenvalue weighted by Gasteiger charge is 2.53. The van der Waals surface area contributed by atoms with E-state index in [2.05, 4.69) is 0 Å². The van der Waals surface area contributed by atoms with Crippen molar-refractivity contribution in [2.75, 3.05) is 6.61 Å². The molecule has 1 saturated heterocycles. The standard InChI is InChI=1S/C17H22FNO4/c18-16(17(20)8-2-1-3-9-17)10-11-23-15(12-16)13-4-6-14(7-5-13)19(21)22/h4-7,15,20H,1-3,8-12H2/t15-,16-/m0/s1. The van der Waals surface area contributed by atoms with Crippen molar-refractivity contribution in [3.05, 3.63) is 39.9 Å². The molecular weight excluding hydrogens is 301 g/mol. The largest absolute Gasteiger partial charge is 0.387 e. The van der Waals surface area contributed by atoms with E-state index in [-0.39, 0.29) is 25.1 Å². The highest BCUT2D eigenvalue weighted by molar-refractivity contribution is 5.34. The molecule has 3 rings (SSSR count). The lowest BCUT2D eigenvalue weighted by Crippen LogP contribution is -2.55. The number of hydrogen-bond acceptors (Lipinski definition) is 4. The Balaban J connectivity index is 1.78. The van der Waals surface area contributed by atoms with Gasteiger partial charge in [0.1, 0.15) is 5.67 Å². The fourth-order valence-corrected chi connectivity index (χ4v) is 3.85. The van der Waals surface area contributed by atoms with Crippen molar-refractivity contribution >= 4 is 5.69 Å². The maximum Gasteiger partial charge on any atom is 0.269 e. The zero-order valence-electron chi connectivity index (χ0n) is 13.0. The first-order valence-corrected chi connectivity index (χ1v) is 8.21. The van der Waals surface area contributed by atoms with Crippen molar-refractivity contribution in [3.63, 3.8) is 0 Å². The van der Waals surface area contributed by atoms with Gasteiger partial charge in [-0.3, -0.25) is 10.1 Å². The summed E-state index contributed by atoms with van der Waals surface area (Å²) < 4.78 is 21.2. The molecule has 1 aromatic carbocycles. The number of ether oxygens (including phenoxy) is 1. The first-order valence-electron chi connectivity index (χ1n) is 8.21. The van der Waals surface area contributed by atoms with Gasteiger partial charge in [-0.1, -0.05) is 19.3 Å². The molecule has 0 amide bonds. The number of nitro benzene ring substituents is 1. The Kier molecular flexibility index (Phi) is 4.38. The van der Waals surface area contributed by atoms with Crippen molar-refractivity contribution in [2.24, 2.45) is 0 Å². The van der Waals surface area contributed by atoms with E-state index < -0.39 is 22.3 Å². The highest BCUT2D eigenvalue weighted by atomic mass is 19.1. The third-order valence-electron chi connectivity index (χ3n) is 5.32. The second-order valence-corrected chi connectivity index (χ2v) is 6.72. The van der Waals surface area contributed by atoms with Crippen LogP contribution in [0.3, 0.4) is 0 Å². The second kappa shape index (κ2) is 6.17. The van der Waals surface area contributed by atoms with Crippen LogP contribution in [0.25, 0.3) is 0 Å². The van der Waals surface area contributed by atoms with E-state index in [1.54, 1.807) is 12.1 Å². The molecule has 6 heteroatoms. The normalized spacial score (nSPS) is 30.8. The number of non-ortho nitro benzene ring substituents is 1. The van der Waals surface area contributed by atoms with Gasteiger partial charge in [0.25, 0.3) is 5.69 Å². The van der Waals surface area contributed by atoms with Crippen molar-refractivity contribution in [3.8, 4) is 0 Å². The van der Waals surface area contributed by atoms with E-state index in [9.17, 15) is 15.2 Å². The summed E-state index contributed by atoms with van der Waals surface area (Å²) in [5.41, 5.74) is -2.20. The van der Waals surface area contributed by atoms with Gasteiger partial charge in [0.2, 0.25) is 0 Å². The Bertz CT molecular complexity index is 570. The van der Waals surface area contributed by atoms with Gasteiger partial charge in [0.15, 0.2) is 0 Å². The van der Waals surface area contributed by atoms with E-state index in [0.717, 1.165) is 24.8 Å². The van der Waals surface area contributed by atoms with Crippen molar-refractivity contribution < 1.29 is 19.2 Å². The predicted octanol–water partition coefficient (Wildman–Crippen LogP) is 3.85. The van der Waals surface area contributed by atoms with E-state index in [4.69, 9.17) is 4.74 Å². The summed E-state index contributed by atoms with van der Waals surface area (Å²) in [6, 6.07) is 6.03. The quantitative estimate of drug-likeness (QED) is 0.677. The fraction of sp³-hybridized carbons (Fsp3) is 0.647. The first kappa shape index (κ1) is 16.3. The molecule has 1 heterocycles. The van der Waals surface area contributed by atoms with Crippen LogP contribution in [-0.4, -0.2) is 27.9 Å². The zero-order chi connectivity index (χ0) is 16.5. The molecule has 1 N–H and O–H groups in total. The minimum absolute atomic E-state index is 0.00183. The summed E-state index contributed by atoms with van der Waals surface area (Å²) in [6.45, 7) is 0.250. The number of rotatable bonds is 3. The molecule has 2 atom stereocenters. The van der Waals surface area contributed by atoms with Crippen LogP contribution in [-0.2, 0) is 4.74 Å². The number of nitrogens with zero attached hydrogens (tertiary/aromatic N) is 1. The zero-order valence-corrected chi connectivity index (χ0v) is 13.0. The molecule has 2 aliphatic rings. The van der Waals surface area contributed by atoms with Crippen LogP contribution in [0.15, 0.2) is 24.3 Å². The lowest BCUT2D eigenvalue weighted by atomic mass is 9.69. The Morgan fingerprint density at radius 2 is 1.83 bits per heavy atom. The molecule has 1 aliphatic heterocycles. The van der Waals surface area contributed by atoms with E-state index in [0.29, 0.717) is 12.8 Å². The third-order valence-corrected chi connectivity index (χ3v) is 5.32. The lowest BCUT2D eigenvalue weighted by Gasteiger charge is -2.47. The van der Waals surface area contributed by atoms with Gasteiger partial charge in [0, 0.05) is 25.0 Å². The molecule has 0 spiro atoms. The number of nitro groups is 1.